The highest BCUT2D eigenvalue weighted by Gasteiger charge is 2.21. The largest absolute Gasteiger partial charge is 0.324 e. The van der Waals surface area contributed by atoms with Gasteiger partial charge >= 0.3 is 6.03 Å². The SMILES string of the molecule is N#Cc1c(SCc2ccccc2)nn(-c2ccccc2)c1NC(=O)Nc1cccc(Cl)c1. The fraction of sp³-hybridized carbons (Fsp3) is 0.0417. The topological polar surface area (TPSA) is 82.7 Å². The molecule has 158 valence electrons. The molecule has 0 aliphatic heterocycles. The first-order chi connectivity index (χ1) is 15.6. The number of rotatable bonds is 6. The third-order valence-corrected chi connectivity index (χ3v) is 5.77. The van der Waals surface area contributed by atoms with Crippen LogP contribution in [0.4, 0.5) is 16.3 Å². The van der Waals surface area contributed by atoms with Gasteiger partial charge in [-0.05, 0) is 35.9 Å². The van der Waals surface area contributed by atoms with E-state index in [0.717, 1.165) is 11.3 Å². The van der Waals surface area contributed by atoms with E-state index in [-0.39, 0.29) is 0 Å². The van der Waals surface area contributed by atoms with Crippen molar-refractivity contribution in [1.82, 2.24) is 9.78 Å². The van der Waals surface area contributed by atoms with Gasteiger partial charge < -0.3 is 5.32 Å². The van der Waals surface area contributed by atoms with Crippen LogP contribution < -0.4 is 10.6 Å². The number of carbonyl (C=O) groups excluding carboxylic acids is 1. The van der Waals surface area contributed by atoms with E-state index in [2.05, 4.69) is 21.8 Å². The van der Waals surface area contributed by atoms with Gasteiger partial charge in [-0.25, -0.2) is 9.48 Å². The molecule has 0 fully saturated rings. The Morgan fingerprint density at radius 2 is 1.72 bits per heavy atom. The number of nitrogens with zero attached hydrogens (tertiary/aromatic N) is 3. The van der Waals surface area contributed by atoms with Gasteiger partial charge in [0.2, 0.25) is 0 Å². The van der Waals surface area contributed by atoms with E-state index in [1.165, 1.54) is 11.8 Å². The number of urea groups is 1. The number of para-hydroxylation sites is 1. The summed E-state index contributed by atoms with van der Waals surface area (Å²) in [5, 5.41) is 21.1. The van der Waals surface area contributed by atoms with Gasteiger partial charge in [0.05, 0.1) is 5.69 Å². The molecule has 0 radical (unpaired) electrons. The predicted molar refractivity (Wildman–Crippen MR) is 128 cm³/mol. The van der Waals surface area contributed by atoms with Crippen molar-refractivity contribution in [2.75, 3.05) is 10.6 Å². The lowest BCUT2D eigenvalue weighted by Gasteiger charge is -2.10. The number of thioether (sulfide) groups is 1. The second-order valence-corrected chi connectivity index (χ2v) is 8.15. The summed E-state index contributed by atoms with van der Waals surface area (Å²) in [5.41, 5.74) is 2.69. The maximum absolute atomic E-state index is 12.7. The van der Waals surface area contributed by atoms with E-state index in [1.807, 2.05) is 60.7 Å². The number of carbonyl (C=O) groups is 1. The van der Waals surface area contributed by atoms with Gasteiger partial charge in [0.1, 0.15) is 16.7 Å². The monoisotopic (exact) mass is 459 g/mol. The molecule has 1 aromatic heterocycles. The van der Waals surface area contributed by atoms with Crippen LogP contribution >= 0.6 is 23.4 Å². The van der Waals surface area contributed by atoms with Crippen LogP contribution in [0.5, 0.6) is 0 Å². The summed E-state index contributed by atoms with van der Waals surface area (Å²) in [4.78, 5) is 12.7. The van der Waals surface area contributed by atoms with Crippen molar-refractivity contribution in [2.24, 2.45) is 0 Å². The summed E-state index contributed by atoms with van der Waals surface area (Å²) >= 11 is 7.44. The molecule has 2 N–H and O–H groups in total. The molecule has 0 aliphatic rings. The molecule has 0 unspecified atom stereocenters. The molecular formula is C24H18ClN5OS. The molecule has 32 heavy (non-hydrogen) atoms. The molecular weight excluding hydrogens is 442 g/mol. The van der Waals surface area contributed by atoms with E-state index in [4.69, 9.17) is 11.6 Å². The first kappa shape index (κ1) is 21.5. The van der Waals surface area contributed by atoms with Gasteiger partial charge in [-0.15, -0.1) is 0 Å². The fourth-order valence-electron chi connectivity index (χ4n) is 3.03. The van der Waals surface area contributed by atoms with Gasteiger partial charge in [0.25, 0.3) is 0 Å². The Kier molecular flexibility index (Phi) is 6.75. The number of halogens is 1. The van der Waals surface area contributed by atoms with E-state index in [0.29, 0.717) is 32.9 Å². The molecule has 4 aromatic rings. The zero-order chi connectivity index (χ0) is 22.3. The maximum Gasteiger partial charge on any atom is 0.324 e. The van der Waals surface area contributed by atoms with Crippen LogP contribution in [0.15, 0.2) is 90.0 Å². The molecule has 0 bridgehead atoms. The first-order valence-corrected chi connectivity index (χ1v) is 11.1. The third-order valence-electron chi connectivity index (χ3n) is 4.50. The number of amides is 2. The van der Waals surface area contributed by atoms with Gasteiger partial charge in [0.15, 0.2) is 5.82 Å². The van der Waals surface area contributed by atoms with Crippen molar-refractivity contribution in [2.45, 2.75) is 10.8 Å². The van der Waals surface area contributed by atoms with Gasteiger partial charge in [-0.3, -0.25) is 5.32 Å². The van der Waals surface area contributed by atoms with Gasteiger partial charge in [0, 0.05) is 16.5 Å². The van der Waals surface area contributed by atoms with Gasteiger partial charge in [-0.2, -0.15) is 10.4 Å². The number of nitriles is 1. The quantitative estimate of drug-likeness (QED) is 0.330. The number of nitrogens with one attached hydrogen (secondary N) is 2. The summed E-state index contributed by atoms with van der Waals surface area (Å²) in [6, 6.07) is 27.8. The number of anilines is 2. The molecule has 8 heteroatoms. The fourth-order valence-corrected chi connectivity index (χ4v) is 4.15. The molecule has 6 nitrogen and oxygen atoms in total. The molecule has 0 spiro atoms. The predicted octanol–water partition coefficient (Wildman–Crippen LogP) is 6.33. The van der Waals surface area contributed by atoms with Crippen molar-refractivity contribution >= 4 is 40.9 Å². The number of benzene rings is 3. The molecule has 0 atom stereocenters. The molecule has 2 amide bonds. The average molecular weight is 460 g/mol. The molecule has 4 rings (SSSR count). The normalized spacial score (nSPS) is 10.4. The Bertz CT molecular complexity index is 1270. The van der Waals surface area contributed by atoms with Crippen LogP contribution in [-0.4, -0.2) is 15.8 Å². The summed E-state index contributed by atoms with van der Waals surface area (Å²) in [7, 11) is 0. The van der Waals surface area contributed by atoms with Crippen LogP contribution in [-0.2, 0) is 5.75 Å². The first-order valence-electron chi connectivity index (χ1n) is 9.73. The molecule has 0 aliphatic carbocycles. The summed E-state index contributed by atoms with van der Waals surface area (Å²) in [5.74, 6) is 0.948. The van der Waals surface area contributed by atoms with Crippen LogP contribution in [0.25, 0.3) is 5.69 Å². The van der Waals surface area contributed by atoms with Crippen molar-refractivity contribution in [3.05, 3.63) is 101 Å². The lowest BCUT2D eigenvalue weighted by Crippen LogP contribution is -2.21. The molecule has 0 saturated carbocycles. The van der Waals surface area contributed by atoms with E-state index in [1.54, 1.807) is 28.9 Å². The minimum absolute atomic E-state index is 0.300. The number of hydrogen-bond acceptors (Lipinski definition) is 4. The lowest BCUT2D eigenvalue weighted by atomic mass is 10.2. The van der Waals surface area contributed by atoms with Gasteiger partial charge in [-0.1, -0.05) is 78.0 Å². The second-order valence-electron chi connectivity index (χ2n) is 6.75. The molecule has 1 heterocycles. The smallest absolute Gasteiger partial charge is 0.308 e. The third kappa shape index (κ3) is 5.11. The summed E-state index contributed by atoms with van der Waals surface area (Å²) in [6.07, 6.45) is 0. The van der Waals surface area contributed by atoms with Crippen molar-refractivity contribution in [3.8, 4) is 11.8 Å². The zero-order valence-corrected chi connectivity index (χ0v) is 18.4. The lowest BCUT2D eigenvalue weighted by molar-refractivity contribution is 0.262. The van der Waals surface area contributed by atoms with Crippen LogP contribution in [0.1, 0.15) is 11.1 Å². The Hall–Kier alpha value is -3.73. The van der Waals surface area contributed by atoms with Crippen molar-refractivity contribution in [3.63, 3.8) is 0 Å². The minimum Gasteiger partial charge on any atom is -0.308 e. The van der Waals surface area contributed by atoms with Crippen LogP contribution in [0, 0.1) is 11.3 Å². The van der Waals surface area contributed by atoms with Crippen molar-refractivity contribution < 1.29 is 4.79 Å². The molecule has 0 saturated heterocycles. The minimum atomic E-state index is -0.500. The Morgan fingerprint density at radius 1 is 1.00 bits per heavy atom. The Labute approximate surface area is 194 Å². The van der Waals surface area contributed by atoms with Crippen LogP contribution in [0.2, 0.25) is 5.02 Å². The number of aromatic nitrogens is 2. The standard InChI is InChI=1S/C24H18ClN5OS/c25-18-10-7-11-19(14-18)27-24(31)28-22-21(15-26)23(32-16-17-8-3-1-4-9-17)29-30(22)20-12-5-2-6-13-20/h1-14H,16H2,(H2,27,28,31). The van der Waals surface area contributed by atoms with E-state index >= 15 is 0 Å². The zero-order valence-electron chi connectivity index (χ0n) is 16.8. The second kappa shape index (κ2) is 10.1. The van der Waals surface area contributed by atoms with E-state index in [9.17, 15) is 10.1 Å². The maximum atomic E-state index is 12.7. The van der Waals surface area contributed by atoms with E-state index < -0.39 is 6.03 Å². The highest BCUT2D eigenvalue weighted by atomic mass is 35.5. The molecule has 3 aromatic carbocycles. The Morgan fingerprint density at radius 3 is 2.41 bits per heavy atom. The highest BCUT2D eigenvalue weighted by molar-refractivity contribution is 7.98. The number of hydrogen-bond donors (Lipinski definition) is 2. The highest BCUT2D eigenvalue weighted by Crippen LogP contribution is 2.32. The van der Waals surface area contributed by atoms with Crippen molar-refractivity contribution in [1.29, 1.82) is 5.26 Å². The average Bonchev–Trinajstić information content (AvgIpc) is 3.16. The Balaban J connectivity index is 1.65. The summed E-state index contributed by atoms with van der Waals surface area (Å²) in [6.45, 7) is 0. The summed E-state index contributed by atoms with van der Waals surface area (Å²) < 4.78 is 1.57. The van der Waals surface area contributed by atoms with Crippen LogP contribution in [0.3, 0.4) is 0 Å².